The van der Waals surface area contributed by atoms with E-state index in [2.05, 4.69) is 90.1 Å². The van der Waals surface area contributed by atoms with Gasteiger partial charge >= 0.3 is 0 Å². The van der Waals surface area contributed by atoms with Crippen LogP contribution in [0.25, 0.3) is 11.6 Å². The van der Waals surface area contributed by atoms with E-state index in [1.165, 1.54) is 46.2 Å². The zero-order chi connectivity index (χ0) is 19.8. The molecule has 0 saturated carbocycles. The van der Waals surface area contributed by atoms with Crippen LogP contribution in [0.15, 0.2) is 42.5 Å². The first-order valence-corrected chi connectivity index (χ1v) is 10.1. The Morgan fingerprint density at radius 1 is 0.926 bits per heavy atom. The molecule has 3 rings (SSSR count). The number of methoxy groups -OCH3 is 1. The first-order valence-electron chi connectivity index (χ1n) is 10.1. The molecule has 0 aliphatic heterocycles. The van der Waals surface area contributed by atoms with E-state index in [0.29, 0.717) is 0 Å². The van der Waals surface area contributed by atoms with Crippen LogP contribution in [-0.2, 0) is 15.6 Å². The number of benzene rings is 2. The predicted molar refractivity (Wildman–Crippen MR) is 117 cm³/mol. The van der Waals surface area contributed by atoms with E-state index in [1.54, 1.807) is 7.11 Å². The third-order valence-corrected chi connectivity index (χ3v) is 6.45. The SMILES string of the molecule is COC(C)c1ccc(/C(C)=C/c2ccc3c(c2)C(C)(C)CCC3(C)C)cc1. The van der Waals surface area contributed by atoms with Gasteiger partial charge in [-0.05, 0) is 70.9 Å². The highest BCUT2D eigenvalue weighted by atomic mass is 16.5. The van der Waals surface area contributed by atoms with Crippen molar-refractivity contribution >= 4 is 11.6 Å². The number of rotatable bonds is 4. The normalized spacial score (nSPS) is 19.4. The molecule has 2 aromatic rings. The van der Waals surface area contributed by atoms with Gasteiger partial charge in [-0.1, -0.05) is 76.2 Å². The molecular formula is C26H34O. The summed E-state index contributed by atoms with van der Waals surface area (Å²) in [6.07, 6.45) is 4.95. The number of hydrogen-bond donors (Lipinski definition) is 0. The second kappa shape index (κ2) is 7.28. The maximum Gasteiger partial charge on any atom is 0.0793 e. The molecule has 0 saturated heterocycles. The van der Waals surface area contributed by atoms with Crippen molar-refractivity contribution in [2.75, 3.05) is 7.11 Å². The summed E-state index contributed by atoms with van der Waals surface area (Å²) in [6.45, 7) is 13.8. The Hall–Kier alpha value is -1.86. The van der Waals surface area contributed by atoms with Crippen molar-refractivity contribution in [2.24, 2.45) is 0 Å². The first kappa shape index (κ1) is 19.9. The van der Waals surface area contributed by atoms with E-state index in [-0.39, 0.29) is 16.9 Å². The molecule has 1 unspecified atom stereocenters. The van der Waals surface area contributed by atoms with Gasteiger partial charge < -0.3 is 4.74 Å². The largest absolute Gasteiger partial charge is 0.377 e. The van der Waals surface area contributed by atoms with Crippen molar-refractivity contribution in [1.82, 2.24) is 0 Å². The minimum Gasteiger partial charge on any atom is -0.377 e. The molecule has 1 atom stereocenters. The van der Waals surface area contributed by atoms with E-state index in [4.69, 9.17) is 4.74 Å². The number of allylic oxidation sites excluding steroid dienone is 1. The van der Waals surface area contributed by atoms with Crippen molar-refractivity contribution < 1.29 is 4.74 Å². The maximum atomic E-state index is 5.41. The quantitative estimate of drug-likeness (QED) is 0.518. The molecule has 2 aromatic carbocycles. The lowest BCUT2D eigenvalue weighted by atomic mass is 9.63. The summed E-state index contributed by atoms with van der Waals surface area (Å²) in [4.78, 5) is 0. The summed E-state index contributed by atoms with van der Waals surface area (Å²) in [5.41, 5.74) is 8.63. The van der Waals surface area contributed by atoms with Crippen molar-refractivity contribution in [1.29, 1.82) is 0 Å². The third kappa shape index (κ3) is 4.04. The highest BCUT2D eigenvalue weighted by molar-refractivity contribution is 5.80. The molecule has 0 aromatic heterocycles. The Kier molecular flexibility index (Phi) is 5.36. The fraction of sp³-hybridized carbons (Fsp3) is 0.462. The van der Waals surface area contributed by atoms with Gasteiger partial charge in [0.2, 0.25) is 0 Å². The van der Waals surface area contributed by atoms with Crippen LogP contribution in [0.2, 0.25) is 0 Å². The van der Waals surface area contributed by atoms with Crippen molar-refractivity contribution in [3.05, 3.63) is 70.3 Å². The minimum absolute atomic E-state index is 0.134. The highest BCUT2D eigenvalue weighted by Gasteiger charge is 2.36. The average molecular weight is 363 g/mol. The predicted octanol–water partition coefficient (Wildman–Crippen LogP) is 7.30. The number of hydrogen-bond acceptors (Lipinski definition) is 1. The van der Waals surface area contributed by atoms with Crippen LogP contribution < -0.4 is 0 Å². The Morgan fingerprint density at radius 2 is 1.52 bits per heavy atom. The summed E-state index contributed by atoms with van der Waals surface area (Å²) in [7, 11) is 1.75. The van der Waals surface area contributed by atoms with E-state index in [0.717, 1.165) is 0 Å². The molecule has 0 N–H and O–H groups in total. The van der Waals surface area contributed by atoms with Gasteiger partial charge in [-0.2, -0.15) is 0 Å². The van der Waals surface area contributed by atoms with Crippen molar-refractivity contribution in [2.45, 2.75) is 71.3 Å². The molecular weight excluding hydrogens is 328 g/mol. The monoisotopic (exact) mass is 362 g/mol. The van der Waals surface area contributed by atoms with Crippen LogP contribution in [0.3, 0.4) is 0 Å². The topological polar surface area (TPSA) is 9.23 Å². The molecule has 1 nitrogen and oxygen atoms in total. The molecule has 0 heterocycles. The van der Waals surface area contributed by atoms with Gasteiger partial charge in [0.15, 0.2) is 0 Å². The van der Waals surface area contributed by atoms with Crippen LogP contribution in [-0.4, -0.2) is 7.11 Å². The van der Waals surface area contributed by atoms with Crippen LogP contribution in [0.4, 0.5) is 0 Å². The van der Waals surface area contributed by atoms with Gasteiger partial charge in [0, 0.05) is 7.11 Å². The van der Waals surface area contributed by atoms with Gasteiger partial charge in [-0.3, -0.25) is 0 Å². The molecule has 1 heteroatoms. The fourth-order valence-electron chi connectivity index (χ4n) is 4.18. The first-order chi connectivity index (χ1) is 12.6. The van der Waals surface area contributed by atoms with Gasteiger partial charge in [0.25, 0.3) is 0 Å². The van der Waals surface area contributed by atoms with Crippen LogP contribution in [0.1, 0.15) is 88.3 Å². The van der Waals surface area contributed by atoms with E-state index < -0.39 is 0 Å². The standard InChI is InChI=1S/C26H34O/c1-18(21-9-11-22(12-10-21)19(2)27-7)16-20-8-13-23-24(17-20)26(5,6)15-14-25(23,3)4/h8-13,16-17,19H,14-15H2,1-7H3/b18-16+. The summed E-state index contributed by atoms with van der Waals surface area (Å²) >= 11 is 0. The van der Waals surface area contributed by atoms with Crippen LogP contribution in [0, 0.1) is 0 Å². The molecule has 0 spiro atoms. The van der Waals surface area contributed by atoms with Gasteiger partial charge in [-0.15, -0.1) is 0 Å². The van der Waals surface area contributed by atoms with Crippen LogP contribution >= 0.6 is 0 Å². The fourth-order valence-corrected chi connectivity index (χ4v) is 4.18. The summed E-state index contributed by atoms with van der Waals surface area (Å²) < 4.78 is 5.41. The Labute approximate surface area is 165 Å². The second-order valence-electron chi connectivity index (χ2n) is 9.40. The highest BCUT2D eigenvalue weighted by Crippen LogP contribution is 2.46. The van der Waals surface area contributed by atoms with Crippen molar-refractivity contribution in [3.63, 3.8) is 0 Å². The smallest absolute Gasteiger partial charge is 0.0793 e. The zero-order valence-electron chi connectivity index (χ0n) is 18.0. The second-order valence-corrected chi connectivity index (χ2v) is 9.40. The third-order valence-electron chi connectivity index (χ3n) is 6.45. The molecule has 0 radical (unpaired) electrons. The zero-order valence-corrected chi connectivity index (χ0v) is 18.0. The lowest BCUT2D eigenvalue weighted by Gasteiger charge is -2.42. The molecule has 1 aliphatic rings. The van der Waals surface area contributed by atoms with E-state index >= 15 is 0 Å². The minimum atomic E-state index is 0.134. The summed E-state index contributed by atoms with van der Waals surface area (Å²) in [5, 5.41) is 0. The molecule has 144 valence electrons. The average Bonchev–Trinajstić information content (AvgIpc) is 2.65. The Bertz CT molecular complexity index is 837. The van der Waals surface area contributed by atoms with E-state index in [1.807, 2.05) is 0 Å². The van der Waals surface area contributed by atoms with Gasteiger partial charge in [0.05, 0.1) is 6.10 Å². The van der Waals surface area contributed by atoms with Gasteiger partial charge in [-0.25, -0.2) is 0 Å². The Morgan fingerprint density at radius 3 is 2.11 bits per heavy atom. The molecule has 0 fully saturated rings. The summed E-state index contributed by atoms with van der Waals surface area (Å²) in [5.74, 6) is 0. The van der Waals surface area contributed by atoms with Crippen molar-refractivity contribution in [3.8, 4) is 0 Å². The molecule has 27 heavy (non-hydrogen) atoms. The van der Waals surface area contributed by atoms with Crippen LogP contribution in [0.5, 0.6) is 0 Å². The van der Waals surface area contributed by atoms with E-state index in [9.17, 15) is 0 Å². The molecule has 0 amide bonds. The summed E-state index contributed by atoms with van der Waals surface area (Å²) in [6, 6.07) is 15.8. The molecule has 1 aliphatic carbocycles. The lowest BCUT2D eigenvalue weighted by molar-refractivity contribution is 0.119. The molecule has 0 bridgehead atoms. The number of fused-ring (bicyclic) bond motifs is 1. The number of ether oxygens (including phenoxy) is 1. The lowest BCUT2D eigenvalue weighted by Crippen LogP contribution is -2.33. The van der Waals surface area contributed by atoms with Gasteiger partial charge in [0.1, 0.15) is 0 Å². The maximum absolute atomic E-state index is 5.41. The Balaban J connectivity index is 1.93.